The quantitative estimate of drug-likeness (QED) is 0.945. The molecule has 2 N–H and O–H groups in total. The van der Waals surface area contributed by atoms with Crippen molar-refractivity contribution >= 4 is 11.7 Å². The third-order valence-corrected chi connectivity index (χ3v) is 4.55. The van der Waals surface area contributed by atoms with Crippen LogP contribution in [-0.2, 0) is 9.59 Å². The molecule has 0 bridgehead atoms. The maximum Gasteiger partial charge on any atom is 0.221 e. The summed E-state index contributed by atoms with van der Waals surface area (Å²) in [5.74, 6) is -0.742. The molecule has 1 aliphatic carbocycles. The molecule has 0 aromatic heterocycles. The van der Waals surface area contributed by atoms with Crippen LogP contribution in [0.1, 0.15) is 35.8 Å². The number of primary amides is 1. The third kappa shape index (κ3) is 2.80. The lowest BCUT2D eigenvalue weighted by Gasteiger charge is -2.36. The molecule has 0 heterocycles. The summed E-state index contributed by atoms with van der Waals surface area (Å²) in [6, 6.07) is 19.5. The fourth-order valence-corrected chi connectivity index (χ4v) is 3.56. The highest BCUT2D eigenvalue weighted by Crippen LogP contribution is 2.44. The zero-order valence-corrected chi connectivity index (χ0v) is 12.3. The van der Waals surface area contributed by atoms with E-state index in [1.165, 1.54) is 0 Å². The van der Waals surface area contributed by atoms with E-state index in [4.69, 9.17) is 5.73 Å². The lowest BCUT2D eigenvalue weighted by molar-refractivity contribution is -0.128. The van der Waals surface area contributed by atoms with Gasteiger partial charge in [0.25, 0.3) is 0 Å². The van der Waals surface area contributed by atoms with Gasteiger partial charge in [0, 0.05) is 24.7 Å². The Balaban J connectivity index is 2.03. The summed E-state index contributed by atoms with van der Waals surface area (Å²) in [7, 11) is 0. The number of hydrogen-bond acceptors (Lipinski definition) is 2. The molecular weight excluding hydrogens is 274 g/mol. The average Bonchev–Trinajstić information content (AvgIpc) is 2.55. The van der Waals surface area contributed by atoms with Crippen molar-refractivity contribution in [1.82, 2.24) is 0 Å². The van der Waals surface area contributed by atoms with E-state index in [-0.39, 0.29) is 29.4 Å². The summed E-state index contributed by atoms with van der Waals surface area (Å²) in [6.45, 7) is 0. The van der Waals surface area contributed by atoms with Crippen molar-refractivity contribution in [3.63, 3.8) is 0 Å². The van der Waals surface area contributed by atoms with Crippen molar-refractivity contribution in [2.75, 3.05) is 0 Å². The van der Waals surface area contributed by atoms with Crippen LogP contribution < -0.4 is 5.73 Å². The highest BCUT2D eigenvalue weighted by molar-refractivity contribution is 5.87. The molecule has 112 valence electrons. The molecule has 1 amide bonds. The number of nitrogens with two attached hydrogens (primary N) is 1. The van der Waals surface area contributed by atoms with Gasteiger partial charge in [0.2, 0.25) is 5.91 Å². The highest BCUT2D eigenvalue weighted by Gasteiger charge is 2.41. The van der Waals surface area contributed by atoms with E-state index in [9.17, 15) is 9.59 Å². The molecular formula is C19H19NO2. The summed E-state index contributed by atoms with van der Waals surface area (Å²) in [4.78, 5) is 24.4. The lowest BCUT2D eigenvalue weighted by atomic mass is 9.66. The number of rotatable bonds is 3. The molecule has 1 unspecified atom stereocenters. The minimum absolute atomic E-state index is 0.134. The molecule has 3 rings (SSSR count). The first-order valence-corrected chi connectivity index (χ1v) is 7.57. The normalized spacial score (nSPS) is 24.9. The molecule has 1 aliphatic rings. The summed E-state index contributed by atoms with van der Waals surface area (Å²) in [5.41, 5.74) is 7.75. The monoisotopic (exact) mass is 293 g/mol. The fraction of sp³-hybridized carbons (Fsp3) is 0.263. The molecule has 0 aliphatic heterocycles. The summed E-state index contributed by atoms with van der Waals surface area (Å²) >= 11 is 0. The standard InChI is InChI=1S/C19H19NO2/c20-19(22)18-16(13-7-3-1-4-8-13)11-15(21)12-17(18)14-9-5-2-6-10-14/h1-10,16-18H,11-12H2,(H2,20,22)/t16-,17+,18?. The van der Waals surface area contributed by atoms with E-state index in [0.29, 0.717) is 12.8 Å². The van der Waals surface area contributed by atoms with Gasteiger partial charge >= 0.3 is 0 Å². The number of benzene rings is 2. The second kappa shape index (κ2) is 6.14. The Morgan fingerprint density at radius 1 is 0.818 bits per heavy atom. The Kier molecular flexibility index (Phi) is 4.05. The molecule has 1 fully saturated rings. The van der Waals surface area contributed by atoms with Gasteiger partial charge in [0.05, 0.1) is 5.92 Å². The number of Topliss-reactive ketones (excluding diaryl/α,β-unsaturated/α-hetero) is 1. The van der Waals surface area contributed by atoms with Gasteiger partial charge in [0.15, 0.2) is 0 Å². The van der Waals surface area contributed by atoms with Crippen molar-refractivity contribution in [3.05, 3.63) is 71.8 Å². The van der Waals surface area contributed by atoms with E-state index < -0.39 is 0 Å². The van der Waals surface area contributed by atoms with Crippen LogP contribution in [0.2, 0.25) is 0 Å². The van der Waals surface area contributed by atoms with Crippen LogP contribution in [0, 0.1) is 5.92 Å². The first-order chi connectivity index (χ1) is 10.7. The van der Waals surface area contributed by atoms with Gasteiger partial charge in [-0.3, -0.25) is 9.59 Å². The van der Waals surface area contributed by atoms with Gasteiger partial charge in [-0.1, -0.05) is 60.7 Å². The summed E-state index contributed by atoms with van der Waals surface area (Å²) < 4.78 is 0. The molecule has 2 aromatic rings. The maximum atomic E-state index is 12.2. The second-order valence-corrected chi connectivity index (χ2v) is 5.91. The Morgan fingerprint density at radius 3 is 1.59 bits per heavy atom. The van der Waals surface area contributed by atoms with Crippen LogP contribution in [0.5, 0.6) is 0 Å². The summed E-state index contributed by atoms with van der Waals surface area (Å²) in [6.07, 6.45) is 0.780. The van der Waals surface area contributed by atoms with Crippen molar-refractivity contribution in [1.29, 1.82) is 0 Å². The number of hydrogen-bond donors (Lipinski definition) is 1. The first-order valence-electron chi connectivity index (χ1n) is 7.57. The van der Waals surface area contributed by atoms with Crippen LogP contribution >= 0.6 is 0 Å². The zero-order valence-electron chi connectivity index (χ0n) is 12.3. The van der Waals surface area contributed by atoms with E-state index in [1.807, 2.05) is 60.7 Å². The molecule has 2 aromatic carbocycles. The second-order valence-electron chi connectivity index (χ2n) is 5.91. The van der Waals surface area contributed by atoms with Crippen molar-refractivity contribution < 1.29 is 9.59 Å². The van der Waals surface area contributed by atoms with E-state index in [2.05, 4.69) is 0 Å². The topological polar surface area (TPSA) is 60.2 Å². The molecule has 0 saturated heterocycles. The molecule has 3 atom stereocenters. The van der Waals surface area contributed by atoms with Crippen LogP contribution in [0.25, 0.3) is 0 Å². The molecule has 1 saturated carbocycles. The molecule has 0 radical (unpaired) electrons. The van der Waals surface area contributed by atoms with Gasteiger partial charge in [-0.15, -0.1) is 0 Å². The van der Waals surface area contributed by atoms with Gasteiger partial charge in [-0.05, 0) is 11.1 Å². The number of carbonyl (C=O) groups excluding carboxylic acids is 2. The molecule has 0 spiro atoms. The van der Waals surface area contributed by atoms with Crippen molar-refractivity contribution in [2.45, 2.75) is 24.7 Å². The fourth-order valence-electron chi connectivity index (χ4n) is 3.56. The van der Waals surface area contributed by atoms with Crippen LogP contribution in [0.4, 0.5) is 0 Å². The maximum absolute atomic E-state index is 12.2. The van der Waals surface area contributed by atoms with E-state index in [0.717, 1.165) is 11.1 Å². The predicted octanol–water partition coefficient (Wildman–Crippen LogP) is 3.02. The Morgan fingerprint density at radius 2 is 1.23 bits per heavy atom. The van der Waals surface area contributed by atoms with Crippen LogP contribution in [0.3, 0.4) is 0 Å². The third-order valence-electron chi connectivity index (χ3n) is 4.55. The molecule has 3 heteroatoms. The molecule has 3 nitrogen and oxygen atoms in total. The minimum atomic E-state index is -0.345. The predicted molar refractivity (Wildman–Crippen MR) is 85.3 cm³/mol. The van der Waals surface area contributed by atoms with Crippen molar-refractivity contribution in [3.8, 4) is 0 Å². The SMILES string of the molecule is NC(=O)C1[C@@H](c2ccccc2)CC(=O)C[C@H]1c1ccccc1. The highest BCUT2D eigenvalue weighted by atomic mass is 16.1. The van der Waals surface area contributed by atoms with Gasteiger partial charge in [-0.2, -0.15) is 0 Å². The van der Waals surface area contributed by atoms with Crippen molar-refractivity contribution in [2.24, 2.45) is 11.7 Å². The van der Waals surface area contributed by atoms with Crippen LogP contribution in [0.15, 0.2) is 60.7 Å². The zero-order chi connectivity index (χ0) is 15.5. The smallest absolute Gasteiger partial charge is 0.221 e. The van der Waals surface area contributed by atoms with E-state index in [1.54, 1.807) is 0 Å². The molecule has 22 heavy (non-hydrogen) atoms. The van der Waals surface area contributed by atoms with Gasteiger partial charge in [0.1, 0.15) is 5.78 Å². The van der Waals surface area contributed by atoms with E-state index >= 15 is 0 Å². The number of amides is 1. The van der Waals surface area contributed by atoms with Gasteiger partial charge < -0.3 is 5.73 Å². The summed E-state index contributed by atoms with van der Waals surface area (Å²) in [5, 5.41) is 0. The first kappa shape index (κ1) is 14.5. The Hall–Kier alpha value is -2.42. The lowest BCUT2D eigenvalue weighted by Crippen LogP contribution is -2.39. The van der Waals surface area contributed by atoms with Gasteiger partial charge in [-0.25, -0.2) is 0 Å². The average molecular weight is 293 g/mol. The largest absolute Gasteiger partial charge is 0.369 e. The Labute approximate surface area is 130 Å². The minimum Gasteiger partial charge on any atom is -0.369 e. The van der Waals surface area contributed by atoms with Crippen LogP contribution in [-0.4, -0.2) is 11.7 Å². The Bertz CT molecular complexity index is 615. The number of ketones is 1. The number of carbonyl (C=O) groups is 2.